The Morgan fingerprint density at radius 1 is 1.14 bits per heavy atom. The van der Waals surface area contributed by atoms with Crippen molar-refractivity contribution in [2.24, 2.45) is 34.6 Å². The number of amides is 2. The second-order valence-electron chi connectivity index (χ2n) is 11.3. The van der Waals surface area contributed by atoms with Crippen LogP contribution in [0.2, 0.25) is 0 Å². The van der Waals surface area contributed by atoms with Crippen molar-refractivity contribution >= 4 is 17.8 Å². The van der Waals surface area contributed by atoms with E-state index < -0.39 is 11.5 Å². The zero-order valence-corrected chi connectivity index (χ0v) is 23.3. The highest BCUT2D eigenvalue weighted by Crippen LogP contribution is 2.56. The van der Waals surface area contributed by atoms with Crippen LogP contribution < -0.4 is 16.8 Å². The van der Waals surface area contributed by atoms with Gasteiger partial charge in [0.1, 0.15) is 11.6 Å². The van der Waals surface area contributed by atoms with Crippen molar-refractivity contribution in [2.45, 2.75) is 96.6 Å². The van der Waals surface area contributed by atoms with Crippen LogP contribution >= 0.6 is 0 Å². The molecule has 2 amide bonds. The lowest BCUT2D eigenvalue weighted by molar-refractivity contribution is -0.183. The summed E-state index contributed by atoms with van der Waals surface area (Å²) in [5, 5.41) is 12.2. The third kappa shape index (κ3) is 9.04. The van der Waals surface area contributed by atoms with E-state index in [1.165, 1.54) is 7.05 Å². The fraction of sp³-hybridized carbons (Fsp3) is 0.852. The van der Waals surface area contributed by atoms with Crippen LogP contribution in [0.4, 0.5) is 0 Å². The van der Waals surface area contributed by atoms with E-state index in [1.807, 2.05) is 14.1 Å². The van der Waals surface area contributed by atoms with Gasteiger partial charge in [-0.15, -0.1) is 0 Å². The second-order valence-corrected chi connectivity index (χ2v) is 11.3. The smallest absolute Gasteiger partial charge is 0.306 e. The number of carbonyl (C=O) groups excluding carboxylic acids is 3. The van der Waals surface area contributed by atoms with Gasteiger partial charge in [0, 0.05) is 19.4 Å². The number of likely N-dealkylation sites (tertiary alicyclic amines) is 1. The number of esters is 1. The minimum Gasteiger partial charge on any atom is -0.459 e. The van der Waals surface area contributed by atoms with Gasteiger partial charge < -0.3 is 26.4 Å². The average molecular weight is 508 g/mol. The summed E-state index contributed by atoms with van der Waals surface area (Å²) in [5.74, 6) is 0.426. The topological polar surface area (TPSA) is 152 Å². The van der Waals surface area contributed by atoms with Gasteiger partial charge >= 0.3 is 5.97 Å². The van der Waals surface area contributed by atoms with E-state index in [0.717, 1.165) is 38.5 Å². The first-order chi connectivity index (χ1) is 17.0. The van der Waals surface area contributed by atoms with Crippen LogP contribution in [0.1, 0.15) is 85.0 Å². The number of hydrogen-bond acceptors (Lipinski definition) is 7. The number of primary amides is 1. The summed E-state index contributed by atoms with van der Waals surface area (Å²) in [7, 11) is 5.25. The molecule has 3 rings (SSSR count). The van der Waals surface area contributed by atoms with Crippen LogP contribution in [0, 0.1) is 34.5 Å². The molecule has 0 aromatic carbocycles. The van der Waals surface area contributed by atoms with Crippen molar-refractivity contribution in [3.63, 3.8) is 0 Å². The summed E-state index contributed by atoms with van der Waals surface area (Å²) in [5.41, 5.74) is 8.85. The molecule has 36 heavy (non-hydrogen) atoms. The SMILES string of the molecule is CCC1CC2CC(C)(CC(=O)N3CC(C)CC3C#N)CC(OC(=O)CCC(N)=O)(C1)C2.CN.CNC. The van der Waals surface area contributed by atoms with Gasteiger partial charge in [0.05, 0.1) is 12.5 Å². The van der Waals surface area contributed by atoms with E-state index in [2.05, 4.69) is 37.9 Å². The average Bonchev–Trinajstić information content (AvgIpc) is 3.19. The summed E-state index contributed by atoms with van der Waals surface area (Å²) in [6.45, 7) is 7.03. The molecular formula is C27H49N5O4. The van der Waals surface area contributed by atoms with Crippen molar-refractivity contribution in [1.29, 1.82) is 5.26 Å². The van der Waals surface area contributed by atoms with E-state index in [9.17, 15) is 19.6 Å². The summed E-state index contributed by atoms with van der Waals surface area (Å²) in [6, 6.07) is 1.95. The minimum atomic E-state index is -0.571. The lowest BCUT2D eigenvalue weighted by atomic mass is 9.56. The highest BCUT2D eigenvalue weighted by molar-refractivity contribution is 5.80. The van der Waals surface area contributed by atoms with Crippen LogP contribution in [0.5, 0.6) is 0 Å². The molecule has 3 fully saturated rings. The fourth-order valence-electron chi connectivity index (χ4n) is 6.61. The Hall–Kier alpha value is -2.18. The van der Waals surface area contributed by atoms with Gasteiger partial charge in [-0.1, -0.05) is 27.2 Å². The molecular weight excluding hydrogens is 458 g/mol. The maximum Gasteiger partial charge on any atom is 0.306 e. The Morgan fingerprint density at radius 2 is 1.78 bits per heavy atom. The van der Waals surface area contributed by atoms with E-state index in [-0.39, 0.29) is 36.2 Å². The molecule has 1 aliphatic heterocycles. The number of fused-ring (bicyclic) bond motifs is 2. The molecule has 0 aromatic rings. The molecule has 3 aliphatic rings. The molecule has 1 saturated heterocycles. The molecule has 2 saturated carbocycles. The number of rotatable bonds is 7. The van der Waals surface area contributed by atoms with E-state index in [4.69, 9.17) is 10.5 Å². The molecule has 0 radical (unpaired) electrons. The quantitative estimate of drug-likeness (QED) is 0.448. The molecule has 2 bridgehead atoms. The number of hydrogen-bond donors (Lipinski definition) is 3. The molecule has 0 spiro atoms. The van der Waals surface area contributed by atoms with Crippen LogP contribution in [-0.2, 0) is 19.1 Å². The summed E-state index contributed by atoms with van der Waals surface area (Å²) >= 11 is 0. The molecule has 9 nitrogen and oxygen atoms in total. The van der Waals surface area contributed by atoms with Crippen molar-refractivity contribution in [2.75, 3.05) is 27.7 Å². The highest BCUT2D eigenvalue weighted by atomic mass is 16.6. The zero-order chi connectivity index (χ0) is 27.5. The largest absolute Gasteiger partial charge is 0.459 e. The van der Waals surface area contributed by atoms with Gasteiger partial charge in [0.25, 0.3) is 0 Å². The number of nitrogens with zero attached hydrogens (tertiary/aromatic N) is 2. The zero-order valence-electron chi connectivity index (χ0n) is 23.3. The summed E-state index contributed by atoms with van der Waals surface area (Å²) in [6.07, 6.45) is 6.50. The Balaban J connectivity index is 0.00000120. The van der Waals surface area contributed by atoms with Crippen molar-refractivity contribution in [3.05, 3.63) is 0 Å². The fourth-order valence-corrected chi connectivity index (χ4v) is 6.61. The molecule has 1 heterocycles. The first-order valence-electron chi connectivity index (χ1n) is 13.3. The molecule has 6 atom stereocenters. The van der Waals surface area contributed by atoms with Crippen LogP contribution in [0.15, 0.2) is 0 Å². The number of nitriles is 1. The Labute approximate surface area is 217 Å². The maximum absolute atomic E-state index is 13.2. The summed E-state index contributed by atoms with van der Waals surface area (Å²) < 4.78 is 6.07. The van der Waals surface area contributed by atoms with Crippen LogP contribution in [-0.4, -0.2) is 62.0 Å². The van der Waals surface area contributed by atoms with Gasteiger partial charge in [-0.3, -0.25) is 14.4 Å². The number of carbonyl (C=O) groups is 3. The van der Waals surface area contributed by atoms with E-state index >= 15 is 0 Å². The molecule has 6 unspecified atom stereocenters. The van der Waals surface area contributed by atoms with Gasteiger partial charge in [-0.05, 0) is 82.8 Å². The minimum absolute atomic E-state index is 0.00367. The Morgan fingerprint density at radius 3 is 2.33 bits per heavy atom. The Bertz CT molecular complexity index is 785. The summed E-state index contributed by atoms with van der Waals surface area (Å²) in [4.78, 5) is 38.5. The number of nitrogens with two attached hydrogens (primary N) is 2. The normalized spacial score (nSPS) is 32.7. The van der Waals surface area contributed by atoms with E-state index in [1.54, 1.807) is 4.90 Å². The van der Waals surface area contributed by atoms with Gasteiger partial charge in [0.2, 0.25) is 11.8 Å². The van der Waals surface area contributed by atoms with Crippen LogP contribution in [0.25, 0.3) is 0 Å². The predicted octanol–water partition coefficient (Wildman–Crippen LogP) is 2.72. The molecule has 0 aromatic heterocycles. The lowest BCUT2D eigenvalue weighted by Gasteiger charge is -2.54. The monoisotopic (exact) mass is 507 g/mol. The first kappa shape index (κ1) is 31.8. The molecule has 2 aliphatic carbocycles. The predicted molar refractivity (Wildman–Crippen MR) is 140 cm³/mol. The van der Waals surface area contributed by atoms with Gasteiger partial charge in [-0.2, -0.15) is 5.26 Å². The second kappa shape index (κ2) is 14.5. The Kier molecular flexibility index (Phi) is 12.9. The lowest BCUT2D eigenvalue weighted by Crippen LogP contribution is -2.52. The third-order valence-corrected chi connectivity index (χ3v) is 7.56. The molecule has 206 valence electrons. The van der Waals surface area contributed by atoms with Crippen molar-refractivity contribution in [3.8, 4) is 6.07 Å². The van der Waals surface area contributed by atoms with Crippen molar-refractivity contribution in [1.82, 2.24) is 10.2 Å². The maximum atomic E-state index is 13.2. The van der Waals surface area contributed by atoms with Gasteiger partial charge in [-0.25, -0.2) is 0 Å². The third-order valence-electron chi connectivity index (χ3n) is 7.56. The standard InChI is InChI=1S/C24H37N3O4.C2H7N.CH5N/c1-4-17-8-18-9-23(3,12-21(29)27-14-16(2)7-19(27)13-25)15-24(10-17,11-18)31-22(30)6-5-20(26)28;1-3-2;1-2/h16-19H,4-12,14-15H2,1-3H3,(H2,26,28);3H,1-2H3;2H2,1H3. The van der Waals surface area contributed by atoms with Crippen molar-refractivity contribution < 1.29 is 19.1 Å². The van der Waals surface area contributed by atoms with Crippen LogP contribution in [0.3, 0.4) is 0 Å². The van der Waals surface area contributed by atoms with E-state index in [0.29, 0.717) is 37.1 Å². The number of nitrogens with one attached hydrogen (secondary N) is 1. The highest BCUT2D eigenvalue weighted by Gasteiger charge is 2.53. The molecule has 9 heteroatoms. The number of ether oxygens (including phenoxy) is 1. The first-order valence-corrected chi connectivity index (χ1v) is 13.3. The van der Waals surface area contributed by atoms with Gasteiger partial charge in [0.15, 0.2) is 0 Å². The molecule has 5 N–H and O–H groups in total.